The van der Waals surface area contributed by atoms with Crippen LogP contribution in [0.5, 0.6) is 0 Å². The SMILES string of the molecule is CC(C)NC(=S)N/N=C/c1cccc(Cl)c1. The zero-order chi connectivity index (χ0) is 12.0. The maximum atomic E-state index is 5.83. The molecule has 5 heteroatoms. The predicted octanol–water partition coefficient (Wildman–Crippen LogP) is 2.55. The van der Waals surface area contributed by atoms with Crippen molar-refractivity contribution in [2.75, 3.05) is 0 Å². The lowest BCUT2D eigenvalue weighted by molar-refractivity contribution is 0.720. The van der Waals surface area contributed by atoms with Crippen LogP contribution >= 0.6 is 23.8 Å². The van der Waals surface area contributed by atoms with Gasteiger partial charge in [-0.3, -0.25) is 5.43 Å². The second kappa shape index (κ2) is 6.45. The third-order valence-corrected chi connectivity index (χ3v) is 2.09. The third kappa shape index (κ3) is 5.09. The summed E-state index contributed by atoms with van der Waals surface area (Å²) in [5.74, 6) is 0. The van der Waals surface area contributed by atoms with E-state index < -0.39 is 0 Å². The van der Waals surface area contributed by atoms with Gasteiger partial charge in [-0.25, -0.2) is 0 Å². The van der Waals surface area contributed by atoms with Gasteiger partial charge in [0.2, 0.25) is 0 Å². The van der Waals surface area contributed by atoms with Crippen molar-refractivity contribution in [3.63, 3.8) is 0 Å². The van der Waals surface area contributed by atoms with Gasteiger partial charge >= 0.3 is 0 Å². The van der Waals surface area contributed by atoms with Crippen LogP contribution in [0.15, 0.2) is 29.4 Å². The number of nitrogens with zero attached hydrogens (tertiary/aromatic N) is 1. The normalized spacial score (nSPS) is 10.8. The molecule has 1 rings (SSSR count). The quantitative estimate of drug-likeness (QED) is 0.495. The van der Waals surface area contributed by atoms with E-state index in [1.54, 1.807) is 6.21 Å². The average Bonchev–Trinajstić information content (AvgIpc) is 2.16. The summed E-state index contributed by atoms with van der Waals surface area (Å²) in [6.07, 6.45) is 1.67. The molecule has 0 saturated heterocycles. The van der Waals surface area contributed by atoms with Crippen LogP contribution in [0.1, 0.15) is 19.4 Å². The molecule has 0 bridgehead atoms. The molecule has 0 aliphatic rings. The minimum Gasteiger partial charge on any atom is -0.359 e. The van der Waals surface area contributed by atoms with Gasteiger partial charge in [0.1, 0.15) is 0 Å². The van der Waals surface area contributed by atoms with E-state index in [0.717, 1.165) is 5.56 Å². The second-order valence-electron chi connectivity index (χ2n) is 3.55. The molecule has 0 saturated carbocycles. The van der Waals surface area contributed by atoms with Crippen molar-refractivity contribution in [3.8, 4) is 0 Å². The van der Waals surface area contributed by atoms with Gasteiger partial charge < -0.3 is 5.32 Å². The third-order valence-electron chi connectivity index (χ3n) is 1.65. The lowest BCUT2D eigenvalue weighted by Gasteiger charge is -2.09. The zero-order valence-electron chi connectivity index (χ0n) is 9.20. The van der Waals surface area contributed by atoms with Crippen LogP contribution in [0.2, 0.25) is 5.02 Å². The number of halogens is 1. The van der Waals surface area contributed by atoms with E-state index in [1.165, 1.54) is 0 Å². The highest BCUT2D eigenvalue weighted by atomic mass is 35.5. The fourth-order valence-corrected chi connectivity index (χ4v) is 1.53. The highest BCUT2D eigenvalue weighted by Crippen LogP contribution is 2.08. The number of hydrogen-bond donors (Lipinski definition) is 2. The first-order valence-electron chi connectivity index (χ1n) is 4.93. The molecule has 2 N–H and O–H groups in total. The number of rotatable bonds is 3. The molecule has 0 fully saturated rings. The molecule has 0 aliphatic carbocycles. The minimum atomic E-state index is 0.293. The molecule has 0 unspecified atom stereocenters. The van der Waals surface area contributed by atoms with Gasteiger partial charge in [0.05, 0.1) is 6.21 Å². The summed E-state index contributed by atoms with van der Waals surface area (Å²) in [7, 11) is 0. The van der Waals surface area contributed by atoms with Crippen LogP contribution in [0.3, 0.4) is 0 Å². The molecule has 0 atom stereocenters. The standard InChI is InChI=1S/C11H14ClN3S/c1-8(2)14-11(16)15-13-7-9-4-3-5-10(12)6-9/h3-8H,1-2H3,(H2,14,15,16)/b13-7+. The number of hydrazone groups is 1. The summed E-state index contributed by atoms with van der Waals surface area (Å²) >= 11 is 10.8. The lowest BCUT2D eigenvalue weighted by atomic mass is 10.2. The van der Waals surface area contributed by atoms with Gasteiger partial charge in [-0.05, 0) is 43.8 Å². The van der Waals surface area contributed by atoms with Gasteiger partial charge in [0.25, 0.3) is 0 Å². The van der Waals surface area contributed by atoms with Crippen LogP contribution < -0.4 is 10.7 Å². The zero-order valence-corrected chi connectivity index (χ0v) is 10.8. The van der Waals surface area contributed by atoms with Gasteiger partial charge in [0, 0.05) is 11.1 Å². The fraction of sp³-hybridized carbons (Fsp3) is 0.273. The van der Waals surface area contributed by atoms with Crippen molar-refractivity contribution in [1.82, 2.24) is 10.7 Å². The number of hydrogen-bond acceptors (Lipinski definition) is 2. The van der Waals surface area contributed by atoms with E-state index >= 15 is 0 Å². The van der Waals surface area contributed by atoms with Crippen molar-refractivity contribution >= 4 is 35.1 Å². The van der Waals surface area contributed by atoms with E-state index in [4.69, 9.17) is 23.8 Å². The van der Waals surface area contributed by atoms with E-state index in [2.05, 4.69) is 15.8 Å². The molecule has 3 nitrogen and oxygen atoms in total. The number of thiocarbonyl (C=S) groups is 1. The van der Waals surface area contributed by atoms with E-state index in [9.17, 15) is 0 Å². The fourth-order valence-electron chi connectivity index (χ4n) is 1.05. The average molecular weight is 256 g/mol. The molecule has 0 heterocycles. The first kappa shape index (κ1) is 12.9. The topological polar surface area (TPSA) is 36.4 Å². The summed E-state index contributed by atoms with van der Waals surface area (Å²) in [5.41, 5.74) is 3.65. The molecule has 1 aromatic rings. The largest absolute Gasteiger partial charge is 0.359 e. The molecule has 16 heavy (non-hydrogen) atoms. The maximum absolute atomic E-state index is 5.83. The Bertz CT molecular complexity index is 391. The number of benzene rings is 1. The van der Waals surface area contributed by atoms with Crippen molar-refractivity contribution in [2.45, 2.75) is 19.9 Å². The molecule has 0 radical (unpaired) electrons. The summed E-state index contributed by atoms with van der Waals surface area (Å²) < 4.78 is 0. The summed E-state index contributed by atoms with van der Waals surface area (Å²) in [6, 6.07) is 7.72. The lowest BCUT2D eigenvalue weighted by Crippen LogP contribution is -2.36. The van der Waals surface area contributed by atoms with Gasteiger partial charge in [-0.2, -0.15) is 5.10 Å². The van der Waals surface area contributed by atoms with E-state index in [-0.39, 0.29) is 0 Å². The molecular formula is C11H14ClN3S. The first-order valence-corrected chi connectivity index (χ1v) is 5.71. The second-order valence-corrected chi connectivity index (χ2v) is 4.40. The Hall–Kier alpha value is -1.13. The molecule has 86 valence electrons. The van der Waals surface area contributed by atoms with E-state index in [0.29, 0.717) is 16.2 Å². The highest BCUT2D eigenvalue weighted by molar-refractivity contribution is 7.80. The van der Waals surface area contributed by atoms with Gasteiger partial charge in [-0.1, -0.05) is 23.7 Å². The molecule has 0 aromatic heterocycles. The van der Waals surface area contributed by atoms with Crippen LogP contribution in [-0.2, 0) is 0 Å². The molecule has 0 amide bonds. The Morgan fingerprint density at radius 1 is 1.50 bits per heavy atom. The Kier molecular flexibility index (Phi) is 5.22. The van der Waals surface area contributed by atoms with Crippen LogP contribution in [-0.4, -0.2) is 17.4 Å². The smallest absolute Gasteiger partial charge is 0.187 e. The summed E-state index contributed by atoms with van der Waals surface area (Å²) in [6.45, 7) is 4.02. The monoisotopic (exact) mass is 255 g/mol. The van der Waals surface area contributed by atoms with Gasteiger partial charge in [-0.15, -0.1) is 0 Å². The maximum Gasteiger partial charge on any atom is 0.187 e. The Balaban J connectivity index is 2.46. The number of nitrogens with one attached hydrogen (secondary N) is 2. The predicted molar refractivity (Wildman–Crippen MR) is 73.1 cm³/mol. The molecule has 0 aliphatic heterocycles. The Morgan fingerprint density at radius 2 is 2.25 bits per heavy atom. The van der Waals surface area contributed by atoms with Crippen LogP contribution in [0.25, 0.3) is 0 Å². The Labute approximate surface area is 106 Å². The summed E-state index contributed by atoms with van der Waals surface area (Å²) in [4.78, 5) is 0. The molecular weight excluding hydrogens is 242 g/mol. The van der Waals surface area contributed by atoms with Crippen molar-refractivity contribution in [2.24, 2.45) is 5.10 Å². The van der Waals surface area contributed by atoms with E-state index in [1.807, 2.05) is 38.1 Å². The highest BCUT2D eigenvalue weighted by Gasteiger charge is 1.95. The minimum absolute atomic E-state index is 0.293. The first-order chi connectivity index (χ1) is 7.58. The molecule has 0 spiro atoms. The van der Waals surface area contributed by atoms with Crippen LogP contribution in [0.4, 0.5) is 0 Å². The van der Waals surface area contributed by atoms with Crippen LogP contribution in [0, 0.1) is 0 Å². The molecule has 1 aromatic carbocycles. The van der Waals surface area contributed by atoms with Crippen molar-refractivity contribution in [3.05, 3.63) is 34.9 Å². The van der Waals surface area contributed by atoms with Crippen molar-refractivity contribution in [1.29, 1.82) is 0 Å². The Morgan fingerprint density at radius 3 is 2.88 bits per heavy atom. The van der Waals surface area contributed by atoms with Crippen molar-refractivity contribution < 1.29 is 0 Å². The summed E-state index contributed by atoms with van der Waals surface area (Å²) in [5, 5.41) is 8.21. The van der Waals surface area contributed by atoms with Gasteiger partial charge in [0.15, 0.2) is 5.11 Å².